The highest BCUT2D eigenvalue weighted by molar-refractivity contribution is 7.09. The first-order valence-corrected chi connectivity index (χ1v) is 9.26. The molecule has 118 valence electrons. The number of aromatic nitrogens is 1. The van der Waals surface area contributed by atoms with E-state index in [1.807, 2.05) is 0 Å². The highest BCUT2D eigenvalue weighted by Crippen LogP contribution is 2.48. The molecule has 0 bridgehead atoms. The van der Waals surface area contributed by atoms with E-state index in [0.717, 1.165) is 26.0 Å². The number of rotatable bonds is 4. The van der Waals surface area contributed by atoms with Gasteiger partial charge < -0.3 is 10.1 Å². The van der Waals surface area contributed by atoms with Crippen LogP contribution in [-0.2, 0) is 10.3 Å². The minimum absolute atomic E-state index is 0.119. The smallest absolute Gasteiger partial charge is 0.125 e. The van der Waals surface area contributed by atoms with Gasteiger partial charge in [0.1, 0.15) is 10.6 Å². The maximum Gasteiger partial charge on any atom is 0.125 e. The second-order valence-electron chi connectivity index (χ2n) is 7.32. The zero-order chi connectivity index (χ0) is 14.9. The minimum atomic E-state index is -0.119. The van der Waals surface area contributed by atoms with E-state index in [1.165, 1.54) is 36.4 Å². The molecule has 3 nitrogen and oxygen atoms in total. The van der Waals surface area contributed by atoms with E-state index in [-0.39, 0.29) is 5.60 Å². The minimum Gasteiger partial charge on any atom is -0.368 e. The van der Waals surface area contributed by atoms with Crippen molar-refractivity contribution in [3.05, 3.63) is 16.1 Å². The van der Waals surface area contributed by atoms with E-state index < -0.39 is 0 Å². The van der Waals surface area contributed by atoms with Crippen molar-refractivity contribution in [1.82, 2.24) is 10.3 Å². The molecule has 0 spiro atoms. The van der Waals surface area contributed by atoms with Crippen molar-refractivity contribution in [2.24, 2.45) is 5.41 Å². The molecule has 4 heteroatoms. The molecule has 2 heterocycles. The maximum atomic E-state index is 6.25. The van der Waals surface area contributed by atoms with Gasteiger partial charge in [0.25, 0.3) is 0 Å². The van der Waals surface area contributed by atoms with Crippen molar-refractivity contribution < 1.29 is 4.74 Å². The van der Waals surface area contributed by atoms with E-state index in [9.17, 15) is 0 Å². The Balaban J connectivity index is 1.81. The molecule has 1 aliphatic carbocycles. The highest BCUT2D eigenvalue weighted by atomic mass is 32.1. The number of nitrogens with one attached hydrogen (secondary N) is 1. The van der Waals surface area contributed by atoms with E-state index >= 15 is 0 Å². The second kappa shape index (κ2) is 5.98. The van der Waals surface area contributed by atoms with Crippen LogP contribution in [0.1, 0.15) is 76.0 Å². The standard InChI is InChI=1S/C17H28N2OS/c1-4-20-17(9-7-16(2,3)8-10-17)15-19-14(12-21-15)13-6-5-11-18-13/h12-13,18H,4-11H2,1-3H3. The lowest BCUT2D eigenvalue weighted by atomic mass is 9.71. The predicted octanol–water partition coefficient (Wildman–Crippen LogP) is 4.40. The van der Waals surface area contributed by atoms with Crippen molar-refractivity contribution >= 4 is 11.3 Å². The fourth-order valence-electron chi connectivity index (χ4n) is 3.62. The Morgan fingerprint density at radius 1 is 1.33 bits per heavy atom. The molecule has 21 heavy (non-hydrogen) atoms. The van der Waals surface area contributed by atoms with Gasteiger partial charge in [-0.1, -0.05) is 13.8 Å². The van der Waals surface area contributed by atoms with Crippen molar-refractivity contribution in [2.45, 2.75) is 70.9 Å². The van der Waals surface area contributed by atoms with E-state index in [1.54, 1.807) is 11.3 Å². The van der Waals surface area contributed by atoms with Crippen molar-refractivity contribution in [1.29, 1.82) is 0 Å². The second-order valence-corrected chi connectivity index (χ2v) is 8.18. The molecular formula is C17H28N2OS. The molecule has 1 N–H and O–H groups in total. The molecule has 1 unspecified atom stereocenters. The Morgan fingerprint density at radius 3 is 2.71 bits per heavy atom. The van der Waals surface area contributed by atoms with Crippen LogP contribution in [0.2, 0.25) is 0 Å². The van der Waals surface area contributed by atoms with Crippen LogP contribution in [0.5, 0.6) is 0 Å². The highest BCUT2D eigenvalue weighted by Gasteiger charge is 2.42. The Hall–Kier alpha value is -0.450. The molecule has 2 aliphatic rings. The maximum absolute atomic E-state index is 6.25. The van der Waals surface area contributed by atoms with Crippen molar-refractivity contribution in [3.8, 4) is 0 Å². The molecule has 0 aromatic carbocycles. The third-order valence-electron chi connectivity index (χ3n) is 5.16. The van der Waals surface area contributed by atoms with Crippen LogP contribution in [0.15, 0.2) is 5.38 Å². The molecule has 0 amide bonds. The van der Waals surface area contributed by atoms with Crippen LogP contribution >= 0.6 is 11.3 Å². The van der Waals surface area contributed by atoms with E-state index in [0.29, 0.717) is 11.5 Å². The Morgan fingerprint density at radius 2 is 2.10 bits per heavy atom. The van der Waals surface area contributed by atoms with Crippen LogP contribution < -0.4 is 5.32 Å². The summed E-state index contributed by atoms with van der Waals surface area (Å²) in [5.74, 6) is 0. The Bertz CT molecular complexity index is 467. The van der Waals surface area contributed by atoms with Gasteiger partial charge in [0.15, 0.2) is 0 Å². The molecule has 3 rings (SSSR count). The number of hydrogen-bond donors (Lipinski definition) is 1. The summed E-state index contributed by atoms with van der Waals surface area (Å²) in [7, 11) is 0. The summed E-state index contributed by atoms with van der Waals surface area (Å²) in [5.41, 5.74) is 1.57. The van der Waals surface area contributed by atoms with Gasteiger partial charge in [-0.05, 0) is 57.4 Å². The molecule has 1 saturated heterocycles. The largest absolute Gasteiger partial charge is 0.368 e. The van der Waals surface area contributed by atoms with Crippen LogP contribution in [0.4, 0.5) is 0 Å². The molecule has 2 fully saturated rings. The monoisotopic (exact) mass is 308 g/mol. The fourth-order valence-corrected chi connectivity index (χ4v) is 4.70. The SMILES string of the molecule is CCOC1(c2nc(C3CCCN3)cs2)CCC(C)(C)CC1. The molecule has 1 aromatic rings. The first-order valence-electron chi connectivity index (χ1n) is 8.38. The Kier molecular flexibility index (Phi) is 4.40. The first-order chi connectivity index (χ1) is 10.0. The lowest BCUT2D eigenvalue weighted by molar-refractivity contribution is -0.0891. The number of thiazole rings is 1. The molecular weight excluding hydrogens is 280 g/mol. The van der Waals surface area contributed by atoms with Gasteiger partial charge in [0, 0.05) is 12.0 Å². The zero-order valence-electron chi connectivity index (χ0n) is 13.6. The average molecular weight is 308 g/mol. The van der Waals surface area contributed by atoms with Crippen molar-refractivity contribution in [3.63, 3.8) is 0 Å². The van der Waals surface area contributed by atoms with E-state index in [4.69, 9.17) is 9.72 Å². The number of hydrogen-bond acceptors (Lipinski definition) is 4. The van der Waals surface area contributed by atoms with Crippen LogP contribution in [-0.4, -0.2) is 18.1 Å². The third-order valence-corrected chi connectivity index (χ3v) is 6.21. The van der Waals surface area contributed by atoms with Gasteiger partial charge in [0.05, 0.1) is 11.7 Å². The summed E-state index contributed by atoms with van der Waals surface area (Å²) >= 11 is 1.81. The quantitative estimate of drug-likeness (QED) is 0.895. The zero-order valence-corrected chi connectivity index (χ0v) is 14.4. The number of nitrogens with zero attached hydrogens (tertiary/aromatic N) is 1. The lowest BCUT2D eigenvalue weighted by Crippen LogP contribution is -2.37. The summed E-state index contributed by atoms with van der Waals surface area (Å²) in [6.45, 7) is 8.76. The summed E-state index contributed by atoms with van der Waals surface area (Å²) in [5, 5.41) is 7.01. The van der Waals surface area contributed by atoms with Crippen LogP contribution in [0, 0.1) is 5.41 Å². The molecule has 1 aliphatic heterocycles. The lowest BCUT2D eigenvalue weighted by Gasteiger charge is -2.42. The molecule has 1 atom stereocenters. The fraction of sp³-hybridized carbons (Fsp3) is 0.824. The first kappa shape index (κ1) is 15.4. The van der Waals surface area contributed by atoms with Gasteiger partial charge in [-0.15, -0.1) is 11.3 Å². The van der Waals surface area contributed by atoms with Crippen LogP contribution in [0.3, 0.4) is 0 Å². The third kappa shape index (κ3) is 3.17. The van der Waals surface area contributed by atoms with E-state index in [2.05, 4.69) is 31.5 Å². The topological polar surface area (TPSA) is 34.1 Å². The molecule has 0 radical (unpaired) electrons. The number of ether oxygens (including phenoxy) is 1. The predicted molar refractivity (Wildman–Crippen MR) is 87.6 cm³/mol. The van der Waals surface area contributed by atoms with Gasteiger partial charge in [-0.3, -0.25) is 0 Å². The average Bonchev–Trinajstić information content (AvgIpc) is 3.11. The van der Waals surface area contributed by atoms with Crippen LogP contribution in [0.25, 0.3) is 0 Å². The molecule has 1 saturated carbocycles. The van der Waals surface area contributed by atoms with Gasteiger partial charge in [0.2, 0.25) is 0 Å². The summed E-state index contributed by atoms with van der Waals surface area (Å²) in [4.78, 5) is 4.99. The van der Waals surface area contributed by atoms with Gasteiger partial charge in [-0.25, -0.2) is 4.98 Å². The summed E-state index contributed by atoms with van der Waals surface area (Å²) < 4.78 is 6.25. The van der Waals surface area contributed by atoms with Crippen molar-refractivity contribution in [2.75, 3.05) is 13.2 Å². The van der Waals surface area contributed by atoms with Gasteiger partial charge >= 0.3 is 0 Å². The Labute approximate surface area is 132 Å². The molecule has 1 aromatic heterocycles. The normalized spacial score (nSPS) is 27.9. The van der Waals surface area contributed by atoms with Gasteiger partial charge in [-0.2, -0.15) is 0 Å². The summed E-state index contributed by atoms with van der Waals surface area (Å²) in [6.07, 6.45) is 7.16. The summed E-state index contributed by atoms with van der Waals surface area (Å²) in [6, 6.07) is 0.466.